The fourth-order valence-electron chi connectivity index (χ4n) is 2.51. The Kier molecular flexibility index (Phi) is 4.03. The summed E-state index contributed by atoms with van der Waals surface area (Å²) in [5.41, 5.74) is 7.40. The van der Waals surface area contributed by atoms with Crippen molar-refractivity contribution >= 4 is 17.2 Å². The molecule has 1 heterocycles. The van der Waals surface area contributed by atoms with E-state index in [1.807, 2.05) is 23.6 Å². The van der Waals surface area contributed by atoms with Crippen LogP contribution < -0.4 is 11.1 Å². The molecule has 1 saturated carbocycles. The van der Waals surface area contributed by atoms with Crippen LogP contribution in [-0.2, 0) is 23.2 Å². The minimum atomic E-state index is -0.144. The molecule has 0 unspecified atom stereocenters. The van der Waals surface area contributed by atoms with Crippen molar-refractivity contribution in [2.24, 2.45) is 5.73 Å². The van der Waals surface area contributed by atoms with E-state index in [2.05, 4.69) is 22.4 Å². The van der Waals surface area contributed by atoms with Crippen LogP contribution in [0.3, 0.4) is 0 Å². The summed E-state index contributed by atoms with van der Waals surface area (Å²) in [4.78, 5) is 16.7. The molecule has 110 valence electrons. The summed E-state index contributed by atoms with van der Waals surface area (Å²) in [6.45, 7) is 0.594. The molecule has 1 aromatic heterocycles. The minimum absolute atomic E-state index is 0.0425. The number of nitrogens with one attached hydrogen (secondary N) is 1. The van der Waals surface area contributed by atoms with Crippen molar-refractivity contribution in [1.29, 1.82) is 0 Å². The van der Waals surface area contributed by atoms with Crippen molar-refractivity contribution in [2.75, 3.05) is 6.54 Å². The third-order valence-electron chi connectivity index (χ3n) is 3.75. The van der Waals surface area contributed by atoms with Crippen LogP contribution in [0.2, 0.25) is 0 Å². The molecule has 2 aromatic rings. The van der Waals surface area contributed by atoms with Crippen LogP contribution in [0.4, 0.5) is 0 Å². The van der Waals surface area contributed by atoms with E-state index >= 15 is 0 Å². The summed E-state index contributed by atoms with van der Waals surface area (Å²) in [7, 11) is 0. The van der Waals surface area contributed by atoms with Gasteiger partial charge in [0.25, 0.3) is 0 Å². The molecule has 21 heavy (non-hydrogen) atoms. The van der Waals surface area contributed by atoms with Gasteiger partial charge in [0.1, 0.15) is 0 Å². The van der Waals surface area contributed by atoms with Crippen molar-refractivity contribution in [3.8, 4) is 0 Å². The van der Waals surface area contributed by atoms with Crippen molar-refractivity contribution < 1.29 is 4.79 Å². The molecule has 3 rings (SSSR count). The average molecular weight is 301 g/mol. The quantitative estimate of drug-likeness (QED) is 0.857. The van der Waals surface area contributed by atoms with Gasteiger partial charge in [-0.15, -0.1) is 11.3 Å². The van der Waals surface area contributed by atoms with E-state index in [9.17, 15) is 4.79 Å². The third-order valence-corrected chi connectivity index (χ3v) is 4.71. The summed E-state index contributed by atoms with van der Waals surface area (Å²) < 4.78 is 0. The number of nitrogens with zero attached hydrogens (tertiary/aromatic N) is 1. The molecular formula is C16H19N3OS. The second kappa shape index (κ2) is 5.95. The zero-order chi connectivity index (χ0) is 14.7. The van der Waals surface area contributed by atoms with Gasteiger partial charge in [-0.2, -0.15) is 0 Å². The van der Waals surface area contributed by atoms with Gasteiger partial charge in [0, 0.05) is 11.8 Å². The molecular weight excluding hydrogens is 282 g/mol. The van der Waals surface area contributed by atoms with Crippen molar-refractivity contribution in [2.45, 2.75) is 31.2 Å². The van der Waals surface area contributed by atoms with Crippen molar-refractivity contribution in [1.82, 2.24) is 10.3 Å². The summed E-state index contributed by atoms with van der Waals surface area (Å²) in [5, 5.41) is 6.13. The number of carbonyl (C=O) groups is 1. The number of aromatic nitrogens is 1. The average Bonchev–Trinajstić information content (AvgIpc) is 3.14. The molecule has 0 radical (unpaired) electrons. The van der Waals surface area contributed by atoms with Crippen LogP contribution in [0.25, 0.3) is 0 Å². The van der Waals surface area contributed by atoms with Gasteiger partial charge in [-0.1, -0.05) is 30.3 Å². The first-order valence-corrected chi connectivity index (χ1v) is 8.10. The fraction of sp³-hybridized carbons (Fsp3) is 0.375. The smallest absolute Gasteiger partial charge is 0.226 e. The highest BCUT2D eigenvalue weighted by Gasteiger charge is 2.45. The Morgan fingerprint density at radius 3 is 2.76 bits per heavy atom. The number of hydrogen-bond acceptors (Lipinski definition) is 4. The van der Waals surface area contributed by atoms with Gasteiger partial charge in [0.05, 0.1) is 22.7 Å². The molecule has 4 nitrogen and oxygen atoms in total. The molecule has 1 aliphatic carbocycles. The van der Waals surface area contributed by atoms with Gasteiger partial charge in [-0.25, -0.2) is 4.98 Å². The lowest BCUT2D eigenvalue weighted by atomic mass is 10.0. The molecule has 0 atom stereocenters. The molecule has 1 aromatic carbocycles. The lowest BCUT2D eigenvalue weighted by molar-refractivity contribution is -0.121. The number of benzene rings is 1. The fourth-order valence-corrected chi connectivity index (χ4v) is 3.33. The van der Waals surface area contributed by atoms with E-state index in [1.165, 1.54) is 5.56 Å². The van der Waals surface area contributed by atoms with Gasteiger partial charge < -0.3 is 11.1 Å². The Morgan fingerprint density at radius 2 is 2.10 bits per heavy atom. The van der Waals surface area contributed by atoms with E-state index < -0.39 is 0 Å². The van der Waals surface area contributed by atoms with Crippen LogP contribution in [0.5, 0.6) is 0 Å². The molecule has 1 amide bonds. The summed E-state index contributed by atoms with van der Waals surface area (Å²) in [5.74, 6) is 0.0425. The first-order chi connectivity index (χ1) is 10.2. The van der Waals surface area contributed by atoms with Gasteiger partial charge in [-0.3, -0.25) is 4.79 Å². The molecule has 5 heteroatoms. The molecule has 0 saturated heterocycles. The number of hydrogen-bond donors (Lipinski definition) is 2. The lowest BCUT2D eigenvalue weighted by Gasteiger charge is -2.17. The van der Waals surface area contributed by atoms with Crippen LogP contribution >= 0.6 is 11.3 Å². The monoisotopic (exact) mass is 301 g/mol. The van der Waals surface area contributed by atoms with Gasteiger partial charge in [-0.05, 0) is 24.9 Å². The third kappa shape index (κ3) is 3.31. The van der Waals surface area contributed by atoms with E-state index in [0.29, 0.717) is 13.0 Å². The number of amides is 1. The van der Waals surface area contributed by atoms with Crippen LogP contribution in [0.1, 0.15) is 29.1 Å². The van der Waals surface area contributed by atoms with Gasteiger partial charge in [0.15, 0.2) is 0 Å². The Morgan fingerprint density at radius 1 is 1.33 bits per heavy atom. The van der Waals surface area contributed by atoms with E-state index in [-0.39, 0.29) is 11.4 Å². The summed E-state index contributed by atoms with van der Waals surface area (Å²) in [6.07, 6.45) is 3.15. The van der Waals surface area contributed by atoms with E-state index in [1.54, 1.807) is 11.3 Å². The van der Waals surface area contributed by atoms with Crippen molar-refractivity contribution in [3.63, 3.8) is 0 Å². The maximum absolute atomic E-state index is 12.2. The number of nitrogens with two attached hydrogens (primary N) is 1. The number of rotatable bonds is 6. The minimum Gasteiger partial charge on any atom is -0.346 e. The van der Waals surface area contributed by atoms with Crippen LogP contribution in [0, 0.1) is 0 Å². The summed E-state index contributed by atoms with van der Waals surface area (Å²) in [6, 6.07) is 10.2. The zero-order valence-corrected chi connectivity index (χ0v) is 12.7. The standard InChI is InChI=1S/C16H19N3OS/c17-9-6-15-18-13(11-21-15)10-14(20)19-16(7-8-16)12-4-2-1-3-5-12/h1-5,11H,6-10,17H2,(H,19,20). The van der Waals surface area contributed by atoms with E-state index in [0.717, 1.165) is 30.0 Å². The predicted molar refractivity (Wildman–Crippen MR) is 84.1 cm³/mol. The lowest BCUT2D eigenvalue weighted by Crippen LogP contribution is -2.35. The zero-order valence-electron chi connectivity index (χ0n) is 11.8. The number of carbonyl (C=O) groups excluding carboxylic acids is 1. The maximum atomic E-state index is 12.2. The van der Waals surface area contributed by atoms with Crippen molar-refractivity contribution in [3.05, 3.63) is 52.0 Å². The highest BCUT2D eigenvalue weighted by Crippen LogP contribution is 2.45. The second-order valence-electron chi connectivity index (χ2n) is 5.44. The Hall–Kier alpha value is -1.72. The summed E-state index contributed by atoms with van der Waals surface area (Å²) >= 11 is 1.57. The first kappa shape index (κ1) is 14.2. The Balaban J connectivity index is 1.61. The van der Waals surface area contributed by atoms with Gasteiger partial charge >= 0.3 is 0 Å². The molecule has 0 bridgehead atoms. The molecule has 0 spiro atoms. The largest absolute Gasteiger partial charge is 0.346 e. The van der Waals surface area contributed by atoms with Crippen LogP contribution in [-0.4, -0.2) is 17.4 Å². The Labute approximate surface area is 128 Å². The normalized spacial score (nSPS) is 15.7. The van der Waals surface area contributed by atoms with Gasteiger partial charge in [0.2, 0.25) is 5.91 Å². The van der Waals surface area contributed by atoms with E-state index in [4.69, 9.17) is 5.73 Å². The highest BCUT2D eigenvalue weighted by atomic mass is 32.1. The second-order valence-corrected chi connectivity index (χ2v) is 6.39. The highest BCUT2D eigenvalue weighted by molar-refractivity contribution is 7.09. The SMILES string of the molecule is NCCc1nc(CC(=O)NC2(c3ccccc3)CC2)cs1. The number of thiazole rings is 1. The molecule has 1 aliphatic rings. The molecule has 0 aliphatic heterocycles. The van der Waals surface area contributed by atoms with Crippen LogP contribution in [0.15, 0.2) is 35.7 Å². The first-order valence-electron chi connectivity index (χ1n) is 7.22. The maximum Gasteiger partial charge on any atom is 0.226 e. The topological polar surface area (TPSA) is 68.0 Å². The molecule has 1 fully saturated rings. The predicted octanol–water partition coefficient (Wildman–Crippen LogP) is 1.99. The Bertz CT molecular complexity index is 619. The molecule has 3 N–H and O–H groups in total.